The van der Waals surface area contributed by atoms with E-state index < -0.39 is 0 Å². The largest absolute Gasteiger partial charge is 0.373 e. The molecule has 1 saturated carbocycles. The number of rotatable bonds is 7. The van der Waals surface area contributed by atoms with Gasteiger partial charge in [-0.3, -0.25) is 9.69 Å². The van der Waals surface area contributed by atoms with Crippen LogP contribution in [0, 0.1) is 0 Å². The summed E-state index contributed by atoms with van der Waals surface area (Å²) in [5.41, 5.74) is 1.86. The second kappa shape index (κ2) is 8.50. The monoisotopic (exact) mass is 385 g/mol. The standard InChI is InChI=1S/C21H27N3O2S/c1-2-17(22-20(25)18-14-27-21(23-18)16-8-9-16)19-13-24(10-11-26-19)12-15-6-4-3-5-7-15/h3-7,14,16-17,19H,2,8-13H2,1H3,(H,22,25)/t17-,19+/m1/s1. The van der Waals surface area contributed by atoms with Crippen molar-refractivity contribution in [1.29, 1.82) is 0 Å². The van der Waals surface area contributed by atoms with Crippen molar-refractivity contribution in [2.45, 2.75) is 50.8 Å². The molecule has 1 saturated heterocycles. The van der Waals surface area contributed by atoms with E-state index in [9.17, 15) is 4.79 Å². The van der Waals surface area contributed by atoms with Gasteiger partial charge in [0.25, 0.3) is 5.91 Å². The zero-order chi connectivity index (χ0) is 18.6. The van der Waals surface area contributed by atoms with Gasteiger partial charge in [0.1, 0.15) is 5.69 Å². The van der Waals surface area contributed by atoms with Crippen LogP contribution < -0.4 is 5.32 Å². The third-order valence-electron chi connectivity index (χ3n) is 5.31. The van der Waals surface area contributed by atoms with E-state index >= 15 is 0 Å². The molecule has 1 amide bonds. The van der Waals surface area contributed by atoms with E-state index in [4.69, 9.17) is 4.74 Å². The highest BCUT2D eigenvalue weighted by Gasteiger charge is 2.30. The van der Waals surface area contributed by atoms with Crippen LogP contribution in [0.25, 0.3) is 0 Å². The van der Waals surface area contributed by atoms with Crippen molar-refractivity contribution in [2.75, 3.05) is 19.7 Å². The number of aromatic nitrogens is 1. The summed E-state index contributed by atoms with van der Waals surface area (Å²) in [7, 11) is 0. The van der Waals surface area contributed by atoms with Gasteiger partial charge in [-0.2, -0.15) is 0 Å². The Bertz CT molecular complexity index is 760. The summed E-state index contributed by atoms with van der Waals surface area (Å²) in [5.74, 6) is 0.514. The van der Waals surface area contributed by atoms with Gasteiger partial charge in [-0.05, 0) is 24.8 Å². The molecule has 4 rings (SSSR count). The fourth-order valence-corrected chi connectivity index (χ4v) is 4.54. The van der Waals surface area contributed by atoms with Crippen LogP contribution in [0.4, 0.5) is 0 Å². The van der Waals surface area contributed by atoms with Gasteiger partial charge >= 0.3 is 0 Å². The van der Waals surface area contributed by atoms with Crippen LogP contribution in [-0.4, -0.2) is 47.6 Å². The molecule has 1 N–H and O–H groups in total. The number of nitrogens with zero attached hydrogens (tertiary/aromatic N) is 2. The Kier molecular flexibility index (Phi) is 5.86. The minimum Gasteiger partial charge on any atom is -0.373 e. The van der Waals surface area contributed by atoms with Crippen LogP contribution in [0.3, 0.4) is 0 Å². The van der Waals surface area contributed by atoms with E-state index in [1.165, 1.54) is 18.4 Å². The predicted octanol–water partition coefficient (Wildman–Crippen LogP) is 3.43. The molecule has 5 nitrogen and oxygen atoms in total. The van der Waals surface area contributed by atoms with Crippen molar-refractivity contribution in [3.63, 3.8) is 0 Å². The van der Waals surface area contributed by atoms with Crippen LogP contribution in [0.2, 0.25) is 0 Å². The van der Waals surface area contributed by atoms with Gasteiger partial charge in [-0.25, -0.2) is 4.98 Å². The Labute approximate surface area is 164 Å². The van der Waals surface area contributed by atoms with Gasteiger partial charge < -0.3 is 10.1 Å². The quantitative estimate of drug-likeness (QED) is 0.793. The Morgan fingerprint density at radius 2 is 2.19 bits per heavy atom. The van der Waals surface area contributed by atoms with Crippen LogP contribution in [0.1, 0.15) is 53.2 Å². The van der Waals surface area contributed by atoms with Gasteiger partial charge in [0.15, 0.2) is 0 Å². The van der Waals surface area contributed by atoms with Crippen molar-refractivity contribution >= 4 is 17.2 Å². The van der Waals surface area contributed by atoms with E-state index in [0.717, 1.165) is 31.1 Å². The second-order valence-electron chi connectivity index (χ2n) is 7.46. The van der Waals surface area contributed by atoms with Gasteiger partial charge in [0.05, 0.1) is 23.8 Å². The molecule has 2 fully saturated rings. The van der Waals surface area contributed by atoms with E-state index in [0.29, 0.717) is 18.2 Å². The Morgan fingerprint density at radius 1 is 1.37 bits per heavy atom. The van der Waals surface area contributed by atoms with Gasteiger partial charge in [-0.15, -0.1) is 11.3 Å². The number of carbonyl (C=O) groups is 1. The summed E-state index contributed by atoms with van der Waals surface area (Å²) in [6, 6.07) is 10.5. The number of hydrogen-bond acceptors (Lipinski definition) is 5. The lowest BCUT2D eigenvalue weighted by Crippen LogP contribution is -2.53. The normalized spacial score (nSPS) is 21.7. The molecule has 1 aromatic heterocycles. The molecule has 1 aliphatic heterocycles. The van der Waals surface area contributed by atoms with E-state index in [-0.39, 0.29) is 18.1 Å². The average Bonchev–Trinajstić information content (AvgIpc) is 3.43. The predicted molar refractivity (Wildman–Crippen MR) is 107 cm³/mol. The van der Waals surface area contributed by atoms with Crippen molar-refractivity contribution in [3.05, 3.63) is 52.0 Å². The van der Waals surface area contributed by atoms with Crippen molar-refractivity contribution < 1.29 is 9.53 Å². The zero-order valence-corrected chi connectivity index (χ0v) is 16.6. The van der Waals surface area contributed by atoms with Crippen LogP contribution in [0.15, 0.2) is 35.7 Å². The number of morpholine rings is 1. The molecule has 2 aromatic rings. The van der Waals surface area contributed by atoms with Crippen LogP contribution >= 0.6 is 11.3 Å². The molecule has 2 heterocycles. The molecule has 0 spiro atoms. The third kappa shape index (κ3) is 4.75. The summed E-state index contributed by atoms with van der Waals surface area (Å²) >= 11 is 1.61. The Hall–Kier alpha value is -1.76. The highest BCUT2D eigenvalue weighted by molar-refractivity contribution is 7.10. The summed E-state index contributed by atoms with van der Waals surface area (Å²) in [6.07, 6.45) is 3.27. The smallest absolute Gasteiger partial charge is 0.271 e. The lowest BCUT2D eigenvalue weighted by atomic mass is 10.1. The molecule has 0 unspecified atom stereocenters. The first-order valence-electron chi connectivity index (χ1n) is 9.87. The van der Waals surface area contributed by atoms with Crippen LogP contribution in [0.5, 0.6) is 0 Å². The molecule has 1 aliphatic carbocycles. The first-order valence-corrected chi connectivity index (χ1v) is 10.7. The minimum absolute atomic E-state index is 0.00199. The summed E-state index contributed by atoms with van der Waals surface area (Å²) in [4.78, 5) is 19.6. The van der Waals surface area contributed by atoms with Gasteiger partial charge in [0, 0.05) is 30.9 Å². The van der Waals surface area contributed by atoms with Crippen LogP contribution in [-0.2, 0) is 11.3 Å². The molecule has 0 radical (unpaired) electrons. The van der Waals surface area contributed by atoms with Crippen molar-refractivity contribution in [1.82, 2.24) is 15.2 Å². The van der Waals surface area contributed by atoms with Crippen molar-refractivity contribution in [2.24, 2.45) is 0 Å². The second-order valence-corrected chi connectivity index (χ2v) is 8.35. The molecule has 2 atom stereocenters. The molecule has 2 aliphatic rings. The SMILES string of the molecule is CC[C@@H](NC(=O)c1csc(C2CC2)n1)[C@@H]1CN(Cc2ccccc2)CCO1. The van der Waals surface area contributed by atoms with E-state index in [1.807, 2.05) is 11.4 Å². The highest BCUT2D eigenvalue weighted by Crippen LogP contribution is 2.41. The highest BCUT2D eigenvalue weighted by atomic mass is 32.1. The number of benzene rings is 1. The molecule has 27 heavy (non-hydrogen) atoms. The van der Waals surface area contributed by atoms with E-state index in [2.05, 4.69) is 46.4 Å². The number of ether oxygens (including phenoxy) is 1. The molecule has 144 valence electrons. The number of nitrogens with one attached hydrogen (secondary N) is 1. The molecule has 6 heteroatoms. The lowest BCUT2D eigenvalue weighted by molar-refractivity contribution is -0.0483. The van der Waals surface area contributed by atoms with Crippen molar-refractivity contribution in [3.8, 4) is 0 Å². The Morgan fingerprint density at radius 3 is 2.93 bits per heavy atom. The summed E-state index contributed by atoms with van der Waals surface area (Å²) in [6.45, 7) is 5.47. The first-order chi connectivity index (χ1) is 13.2. The zero-order valence-electron chi connectivity index (χ0n) is 15.8. The molecule has 0 bridgehead atoms. The number of carbonyl (C=O) groups excluding carboxylic acids is 1. The van der Waals surface area contributed by atoms with Gasteiger partial charge in [0.2, 0.25) is 0 Å². The van der Waals surface area contributed by atoms with Gasteiger partial charge in [-0.1, -0.05) is 37.3 Å². The topological polar surface area (TPSA) is 54.5 Å². The fraction of sp³-hybridized carbons (Fsp3) is 0.524. The summed E-state index contributed by atoms with van der Waals surface area (Å²) < 4.78 is 6.01. The minimum atomic E-state index is -0.0752. The molecular weight excluding hydrogens is 358 g/mol. The maximum Gasteiger partial charge on any atom is 0.271 e. The third-order valence-corrected chi connectivity index (χ3v) is 6.32. The molecule has 1 aromatic carbocycles. The summed E-state index contributed by atoms with van der Waals surface area (Å²) in [5, 5.41) is 6.16. The Balaban J connectivity index is 1.35. The lowest BCUT2D eigenvalue weighted by Gasteiger charge is -2.37. The first kappa shape index (κ1) is 18.6. The number of hydrogen-bond donors (Lipinski definition) is 1. The maximum atomic E-state index is 12.6. The maximum absolute atomic E-state index is 12.6. The number of amides is 1. The fourth-order valence-electron chi connectivity index (χ4n) is 3.57. The average molecular weight is 386 g/mol. The number of thiazole rings is 1. The molecular formula is C21H27N3O2S. The van der Waals surface area contributed by atoms with E-state index in [1.54, 1.807) is 11.3 Å².